The normalized spacial score (nSPS) is 13.0. The van der Waals surface area contributed by atoms with Crippen molar-refractivity contribution >= 4 is 22.6 Å². The molecule has 112 valence electrons. The van der Waals surface area contributed by atoms with Crippen molar-refractivity contribution < 1.29 is 14.6 Å². The molecule has 1 N–H and O–H groups in total. The van der Waals surface area contributed by atoms with Crippen LogP contribution in [0.1, 0.15) is 0 Å². The van der Waals surface area contributed by atoms with Gasteiger partial charge in [-0.15, -0.1) is 0 Å². The van der Waals surface area contributed by atoms with Crippen molar-refractivity contribution in [3.05, 3.63) is 41.4 Å². The number of fused-ring (bicyclic) bond motifs is 2. The molecule has 0 radical (unpaired) electrons. The van der Waals surface area contributed by atoms with Crippen LogP contribution < -0.4 is 9.47 Å². The molecule has 0 unspecified atom stereocenters. The Bertz CT molecular complexity index is 843. The first-order valence-electron chi connectivity index (χ1n) is 6.93. The predicted molar refractivity (Wildman–Crippen MR) is 83.4 cm³/mol. The molecule has 0 fully saturated rings. The molecule has 0 amide bonds. The Morgan fingerprint density at radius 3 is 2.59 bits per heavy atom. The number of ether oxygens (including phenoxy) is 2. The van der Waals surface area contributed by atoms with Gasteiger partial charge in [-0.1, -0.05) is 11.6 Å². The quantitative estimate of drug-likeness (QED) is 0.807. The van der Waals surface area contributed by atoms with E-state index in [1.165, 1.54) is 0 Å². The van der Waals surface area contributed by atoms with Gasteiger partial charge in [0.25, 0.3) is 0 Å². The van der Waals surface area contributed by atoms with Gasteiger partial charge in [-0.3, -0.25) is 0 Å². The average Bonchev–Trinajstić information content (AvgIpc) is 3.11. The second kappa shape index (κ2) is 5.19. The first-order valence-corrected chi connectivity index (χ1v) is 7.31. The van der Waals surface area contributed by atoms with E-state index in [0.29, 0.717) is 23.1 Å². The van der Waals surface area contributed by atoms with Crippen molar-refractivity contribution in [1.82, 2.24) is 9.55 Å². The largest absolute Gasteiger partial charge is 0.454 e. The highest BCUT2D eigenvalue weighted by Crippen LogP contribution is 2.37. The summed E-state index contributed by atoms with van der Waals surface area (Å²) in [6.45, 7) is 0.709. The molecule has 22 heavy (non-hydrogen) atoms. The van der Waals surface area contributed by atoms with Crippen LogP contribution >= 0.6 is 11.6 Å². The van der Waals surface area contributed by atoms with Crippen molar-refractivity contribution in [1.29, 1.82) is 0 Å². The molecule has 1 aliphatic heterocycles. The van der Waals surface area contributed by atoms with Gasteiger partial charge < -0.3 is 19.1 Å². The van der Waals surface area contributed by atoms with Crippen LogP contribution in [0.2, 0.25) is 5.02 Å². The number of aromatic nitrogens is 2. The summed E-state index contributed by atoms with van der Waals surface area (Å²) in [6, 6.07) is 11.2. The number of rotatable bonds is 3. The lowest BCUT2D eigenvalue weighted by molar-refractivity contribution is 0.174. The summed E-state index contributed by atoms with van der Waals surface area (Å²) in [4.78, 5) is 4.68. The third-order valence-corrected chi connectivity index (χ3v) is 3.92. The van der Waals surface area contributed by atoms with E-state index >= 15 is 0 Å². The standard InChI is InChI=1S/C16H13ClN2O3/c17-11-3-1-10(2-4-11)16-18-12-7-14-15(22-9-21-14)8-13(12)19(16)5-6-20/h1-4,7-8,20H,5-6,9H2. The first kappa shape index (κ1) is 13.4. The first-order chi connectivity index (χ1) is 10.8. The Kier molecular flexibility index (Phi) is 3.17. The minimum absolute atomic E-state index is 0.0283. The molecule has 2 aromatic carbocycles. The maximum atomic E-state index is 9.38. The van der Waals surface area contributed by atoms with E-state index < -0.39 is 0 Å². The fraction of sp³-hybridized carbons (Fsp3) is 0.188. The zero-order valence-electron chi connectivity index (χ0n) is 11.6. The van der Waals surface area contributed by atoms with Crippen LogP contribution in [-0.4, -0.2) is 28.1 Å². The summed E-state index contributed by atoms with van der Waals surface area (Å²) in [5.41, 5.74) is 2.65. The number of imidazole rings is 1. The molecule has 0 spiro atoms. The summed E-state index contributed by atoms with van der Waals surface area (Å²) < 4.78 is 12.8. The Labute approximate surface area is 131 Å². The average molecular weight is 317 g/mol. The zero-order chi connectivity index (χ0) is 15.1. The number of benzene rings is 2. The molecular weight excluding hydrogens is 304 g/mol. The molecule has 6 heteroatoms. The number of aliphatic hydroxyl groups is 1. The van der Waals surface area contributed by atoms with Crippen LogP contribution in [0.25, 0.3) is 22.4 Å². The van der Waals surface area contributed by atoms with Crippen molar-refractivity contribution in [3.63, 3.8) is 0 Å². The van der Waals surface area contributed by atoms with Crippen molar-refractivity contribution in [2.24, 2.45) is 0 Å². The monoisotopic (exact) mass is 316 g/mol. The van der Waals surface area contributed by atoms with Crippen molar-refractivity contribution in [2.45, 2.75) is 6.54 Å². The zero-order valence-corrected chi connectivity index (χ0v) is 12.4. The molecule has 0 aliphatic carbocycles. The Morgan fingerprint density at radius 1 is 1.14 bits per heavy atom. The van der Waals surface area contributed by atoms with Gasteiger partial charge in [-0.2, -0.15) is 0 Å². The predicted octanol–water partition coefficient (Wildman–Crippen LogP) is 3.08. The molecule has 1 aliphatic rings. The number of hydrogen-bond donors (Lipinski definition) is 1. The fourth-order valence-corrected chi connectivity index (χ4v) is 2.79. The highest BCUT2D eigenvalue weighted by molar-refractivity contribution is 6.30. The third kappa shape index (κ3) is 2.10. The highest BCUT2D eigenvalue weighted by atomic mass is 35.5. The van der Waals surface area contributed by atoms with Crippen LogP contribution in [0.3, 0.4) is 0 Å². The summed E-state index contributed by atoms with van der Waals surface area (Å²) in [5.74, 6) is 2.18. The van der Waals surface area contributed by atoms with Gasteiger partial charge in [0.1, 0.15) is 5.82 Å². The van der Waals surface area contributed by atoms with Crippen LogP contribution in [-0.2, 0) is 6.54 Å². The molecule has 4 rings (SSSR count). The van der Waals surface area contributed by atoms with E-state index in [0.717, 1.165) is 22.4 Å². The van der Waals surface area contributed by atoms with Crippen LogP contribution in [0.5, 0.6) is 11.5 Å². The maximum Gasteiger partial charge on any atom is 0.231 e. The number of hydrogen-bond acceptors (Lipinski definition) is 4. The molecule has 0 saturated carbocycles. The third-order valence-electron chi connectivity index (χ3n) is 3.67. The number of halogens is 1. The van der Waals surface area contributed by atoms with E-state index in [1.807, 2.05) is 41.0 Å². The highest BCUT2D eigenvalue weighted by Gasteiger charge is 2.19. The molecule has 3 aromatic rings. The minimum atomic E-state index is 0.0283. The number of aliphatic hydroxyl groups excluding tert-OH is 1. The van der Waals surface area contributed by atoms with Gasteiger partial charge in [0.15, 0.2) is 11.5 Å². The van der Waals surface area contributed by atoms with E-state index in [9.17, 15) is 5.11 Å². The van der Waals surface area contributed by atoms with Gasteiger partial charge >= 0.3 is 0 Å². The Balaban J connectivity index is 1.93. The Hall–Kier alpha value is -2.24. The minimum Gasteiger partial charge on any atom is -0.454 e. The lowest BCUT2D eigenvalue weighted by Crippen LogP contribution is -2.04. The molecule has 5 nitrogen and oxygen atoms in total. The molecular formula is C16H13ClN2O3. The second-order valence-electron chi connectivity index (χ2n) is 5.01. The Morgan fingerprint density at radius 2 is 1.86 bits per heavy atom. The van der Waals surface area contributed by atoms with E-state index in [1.54, 1.807) is 0 Å². The molecule has 1 aromatic heterocycles. The summed E-state index contributed by atoms with van der Waals surface area (Å²) in [5, 5.41) is 10.1. The van der Waals surface area contributed by atoms with Gasteiger partial charge in [-0.05, 0) is 24.3 Å². The van der Waals surface area contributed by atoms with Crippen molar-refractivity contribution in [3.8, 4) is 22.9 Å². The molecule has 0 bridgehead atoms. The summed E-state index contributed by atoms with van der Waals surface area (Å²) >= 11 is 5.95. The van der Waals surface area contributed by atoms with Gasteiger partial charge in [-0.25, -0.2) is 4.98 Å². The van der Waals surface area contributed by atoms with Crippen LogP contribution in [0.4, 0.5) is 0 Å². The van der Waals surface area contributed by atoms with E-state index in [-0.39, 0.29) is 13.4 Å². The van der Waals surface area contributed by atoms with Gasteiger partial charge in [0.05, 0.1) is 17.6 Å². The van der Waals surface area contributed by atoms with E-state index in [4.69, 9.17) is 21.1 Å². The fourth-order valence-electron chi connectivity index (χ4n) is 2.66. The molecule has 2 heterocycles. The molecule has 0 atom stereocenters. The van der Waals surface area contributed by atoms with Gasteiger partial charge in [0.2, 0.25) is 6.79 Å². The SMILES string of the molecule is OCCn1c(-c2ccc(Cl)cc2)nc2cc3c(cc21)OCO3. The second-order valence-corrected chi connectivity index (χ2v) is 5.45. The molecule has 0 saturated heterocycles. The smallest absolute Gasteiger partial charge is 0.231 e. The van der Waals surface area contributed by atoms with Crippen LogP contribution in [0, 0.1) is 0 Å². The summed E-state index contributed by atoms with van der Waals surface area (Å²) in [7, 11) is 0. The lowest BCUT2D eigenvalue weighted by atomic mass is 10.2. The maximum absolute atomic E-state index is 9.38. The van der Waals surface area contributed by atoms with E-state index in [2.05, 4.69) is 4.98 Å². The lowest BCUT2D eigenvalue weighted by Gasteiger charge is -2.07. The summed E-state index contributed by atoms with van der Waals surface area (Å²) in [6.07, 6.45) is 0. The van der Waals surface area contributed by atoms with Crippen molar-refractivity contribution in [2.75, 3.05) is 13.4 Å². The number of nitrogens with zero attached hydrogens (tertiary/aromatic N) is 2. The van der Waals surface area contributed by atoms with Gasteiger partial charge in [0, 0.05) is 29.3 Å². The topological polar surface area (TPSA) is 56.5 Å². The van der Waals surface area contributed by atoms with Crippen LogP contribution in [0.15, 0.2) is 36.4 Å².